The lowest BCUT2D eigenvalue weighted by atomic mass is 10.1. The fraction of sp³-hybridized carbons (Fsp3) is 0.538. The molecule has 0 N–H and O–H groups in total. The Kier molecular flexibility index (Phi) is 5.12. The van der Waals surface area contributed by atoms with E-state index in [4.69, 9.17) is 24.9 Å². The lowest BCUT2D eigenvalue weighted by Gasteiger charge is -2.25. The maximum Gasteiger partial charge on any atom is 0.236 e. The van der Waals surface area contributed by atoms with Gasteiger partial charge in [0.2, 0.25) is 9.05 Å². The van der Waals surface area contributed by atoms with Crippen LogP contribution in [0.2, 0.25) is 0 Å². The molecular formula is C13H17ClO5S. The number of rotatable bonds is 5. The van der Waals surface area contributed by atoms with Crippen LogP contribution in [0.5, 0.6) is 11.5 Å². The van der Waals surface area contributed by atoms with Crippen LogP contribution in [-0.4, -0.2) is 34.8 Å². The first kappa shape index (κ1) is 15.4. The summed E-state index contributed by atoms with van der Waals surface area (Å²) in [6.07, 6.45) is 1.69. The normalized spacial score (nSPS) is 19.6. The van der Waals surface area contributed by atoms with Gasteiger partial charge in [0.1, 0.15) is 6.10 Å². The maximum absolute atomic E-state index is 11.3. The zero-order valence-corrected chi connectivity index (χ0v) is 12.7. The van der Waals surface area contributed by atoms with Crippen LogP contribution in [-0.2, 0) is 19.5 Å². The van der Waals surface area contributed by atoms with Crippen molar-refractivity contribution >= 4 is 19.7 Å². The SMILES string of the molecule is COc1cccc(CS(=O)(=O)Cl)c1OC1CCCOC1. The zero-order valence-electron chi connectivity index (χ0n) is 11.2. The fourth-order valence-electron chi connectivity index (χ4n) is 2.13. The molecule has 0 radical (unpaired) electrons. The molecular weight excluding hydrogens is 304 g/mol. The maximum atomic E-state index is 11.3. The molecule has 1 heterocycles. The first-order valence-corrected chi connectivity index (χ1v) is 8.80. The predicted molar refractivity (Wildman–Crippen MR) is 75.9 cm³/mol. The molecule has 0 amide bonds. The van der Waals surface area contributed by atoms with Crippen molar-refractivity contribution in [3.63, 3.8) is 0 Å². The zero-order chi connectivity index (χ0) is 14.6. The number of para-hydroxylation sites is 1. The van der Waals surface area contributed by atoms with Gasteiger partial charge in [0.05, 0.1) is 19.5 Å². The van der Waals surface area contributed by atoms with Crippen molar-refractivity contribution in [3.05, 3.63) is 23.8 Å². The Morgan fingerprint density at radius 3 is 2.85 bits per heavy atom. The molecule has 5 nitrogen and oxygen atoms in total. The summed E-state index contributed by atoms with van der Waals surface area (Å²) in [7, 11) is 3.18. The van der Waals surface area contributed by atoms with Gasteiger partial charge >= 0.3 is 0 Å². The number of halogens is 1. The van der Waals surface area contributed by atoms with Crippen LogP contribution in [0.4, 0.5) is 0 Å². The number of hydrogen-bond acceptors (Lipinski definition) is 5. The van der Waals surface area contributed by atoms with E-state index in [1.807, 2.05) is 0 Å². The van der Waals surface area contributed by atoms with Gasteiger partial charge in [-0.1, -0.05) is 12.1 Å². The number of ether oxygens (including phenoxy) is 3. The van der Waals surface area contributed by atoms with Gasteiger partial charge in [-0.15, -0.1) is 0 Å². The van der Waals surface area contributed by atoms with Crippen LogP contribution in [0.3, 0.4) is 0 Å². The molecule has 1 aromatic carbocycles. The highest BCUT2D eigenvalue weighted by Crippen LogP contribution is 2.34. The number of hydrogen-bond donors (Lipinski definition) is 0. The van der Waals surface area contributed by atoms with Gasteiger partial charge in [-0.2, -0.15) is 0 Å². The third kappa shape index (κ3) is 4.26. The fourth-order valence-corrected chi connectivity index (χ4v) is 3.08. The summed E-state index contributed by atoms with van der Waals surface area (Å²) in [6.45, 7) is 1.22. The lowest BCUT2D eigenvalue weighted by molar-refractivity contribution is 0.00612. The van der Waals surface area contributed by atoms with Crippen molar-refractivity contribution in [2.24, 2.45) is 0 Å². The molecule has 0 aliphatic carbocycles. The summed E-state index contributed by atoms with van der Waals surface area (Å²) in [4.78, 5) is 0. The van der Waals surface area contributed by atoms with Crippen LogP contribution < -0.4 is 9.47 Å². The van der Waals surface area contributed by atoms with Crippen molar-refractivity contribution < 1.29 is 22.6 Å². The molecule has 1 aliphatic rings. The number of benzene rings is 1. The molecule has 20 heavy (non-hydrogen) atoms. The van der Waals surface area contributed by atoms with Crippen LogP contribution >= 0.6 is 10.7 Å². The van der Waals surface area contributed by atoms with Crippen LogP contribution in [0.25, 0.3) is 0 Å². The first-order valence-electron chi connectivity index (χ1n) is 6.32. The highest BCUT2D eigenvalue weighted by molar-refractivity contribution is 8.13. The van der Waals surface area contributed by atoms with Gasteiger partial charge in [0, 0.05) is 22.9 Å². The van der Waals surface area contributed by atoms with Crippen LogP contribution in [0.1, 0.15) is 18.4 Å². The first-order chi connectivity index (χ1) is 9.49. The topological polar surface area (TPSA) is 61.8 Å². The van der Waals surface area contributed by atoms with Crippen molar-refractivity contribution in [2.75, 3.05) is 20.3 Å². The average Bonchev–Trinajstić information content (AvgIpc) is 2.40. The molecule has 1 fully saturated rings. The quantitative estimate of drug-likeness (QED) is 0.779. The van der Waals surface area contributed by atoms with E-state index in [2.05, 4.69) is 0 Å². The second kappa shape index (κ2) is 6.65. The minimum Gasteiger partial charge on any atom is -0.493 e. The highest BCUT2D eigenvalue weighted by Gasteiger charge is 2.21. The number of methoxy groups -OCH3 is 1. The third-order valence-electron chi connectivity index (χ3n) is 3.01. The van der Waals surface area contributed by atoms with Gasteiger partial charge in [-0.05, 0) is 18.9 Å². The Morgan fingerprint density at radius 1 is 1.45 bits per heavy atom. The lowest BCUT2D eigenvalue weighted by Crippen LogP contribution is -2.28. The Morgan fingerprint density at radius 2 is 2.25 bits per heavy atom. The molecule has 0 bridgehead atoms. The van der Waals surface area contributed by atoms with Crippen LogP contribution in [0.15, 0.2) is 18.2 Å². The predicted octanol–water partition coefficient (Wildman–Crippen LogP) is 2.32. The average molecular weight is 321 g/mol. The van der Waals surface area contributed by atoms with Gasteiger partial charge in [0.15, 0.2) is 11.5 Å². The molecule has 1 saturated heterocycles. The second-order valence-electron chi connectivity index (χ2n) is 4.59. The summed E-state index contributed by atoms with van der Waals surface area (Å²) in [5, 5.41) is 0. The molecule has 112 valence electrons. The Bertz CT molecular complexity index is 552. The standard InChI is InChI=1S/C13H17ClO5S/c1-17-12-6-2-4-10(9-20(14,15)16)13(12)19-11-5-3-7-18-8-11/h2,4,6,11H,3,5,7-9H2,1H3. The van der Waals surface area contributed by atoms with E-state index in [-0.39, 0.29) is 11.9 Å². The Balaban J connectivity index is 2.27. The molecule has 1 atom stereocenters. The van der Waals surface area contributed by atoms with Gasteiger partial charge < -0.3 is 14.2 Å². The van der Waals surface area contributed by atoms with Gasteiger partial charge in [-0.25, -0.2) is 8.42 Å². The van der Waals surface area contributed by atoms with E-state index >= 15 is 0 Å². The molecule has 1 unspecified atom stereocenters. The molecule has 1 aliphatic heterocycles. The Labute approximate surface area is 123 Å². The molecule has 1 aromatic rings. The molecule has 0 saturated carbocycles. The van der Waals surface area contributed by atoms with Crippen molar-refractivity contribution in [1.29, 1.82) is 0 Å². The minimum absolute atomic E-state index is 0.100. The van der Waals surface area contributed by atoms with E-state index in [0.29, 0.717) is 23.7 Å². The monoisotopic (exact) mass is 320 g/mol. The largest absolute Gasteiger partial charge is 0.493 e. The van der Waals surface area contributed by atoms with E-state index in [1.165, 1.54) is 7.11 Å². The van der Waals surface area contributed by atoms with Crippen molar-refractivity contribution in [2.45, 2.75) is 24.7 Å². The molecule has 0 spiro atoms. The molecule has 2 rings (SSSR count). The van der Waals surface area contributed by atoms with E-state index in [1.54, 1.807) is 18.2 Å². The minimum atomic E-state index is -3.66. The molecule has 7 heteroatoms. The van der Waals surface area contributed by atoms with Gasteiger partial charge in [0.25, 0.3) is 0 Å². The third-order valence-corrected chi connectivity index (χ3v) is 3.99. The summed E-state index contributed by atoms with van der Waals surface area (Å²) < 4.78 is 39.1. The van der Waals surface area contributed by atoms with E-state index in [0.717, 1.165) is 19.4 Å². The highest BCUT2D eigenvalue weighted by atomic mass is 35.7. The smallest absolute Gasteiger partial charge is 0.236 e. The summed E-state index contributed by atoms with van der Waals surface area (Å²) in [5.41, 5.74) is 0.491. The van der Waals surface area contributed by atoms with E-state index < -0.39 is 9.05 Å². The molecule has 0 aromatic heterocycles. The van der Waals surface area contributed by atoms with Crippen LogP contribution in [0, 0.1) is 0 Å². The van der Waals surface area contributed by atoms with Crippen molar-refractivity contribution in [3.8, 4) is 11.5 Å². The Hall–Kier alpha value is -0.980. The summed E-state index contributed by atoms with van der Waals surface area (Å²) in [6, 6.07) is 5.10. The second-order valence-corrected chi connectivity index (χ2v) is 7.37. The van der Waals surface area contributed by atoms with E-state index in [9.17, 15) is 8.42 Å². The summed E-state index contributed by atoms with van der Waals surface area (Å²) in [5.74, 6) is 0.623. The summed E-state index contributed by atoms with van der Waals surface area (Å²) >= 11 is 0. The van der Waals surface area contributed by atoms with Gasteiger partial charge in [-0.3, -0.25) is 0 Å². The van der Waals surface area contributed by atoms with Crippen molar-refractivity contribution in [1.82, 2.24) is 0 Å².